The van der Waals surface area contributed by atoms with Gasteiger partial charge in [-0.25, -0.2) is 0 Å². The predicted molar refractivity (Wildman–Crippen MR) is 67.5 cm³/mol. The third-order valence-electron chi connectivity index (χ3n) is 3.60. The van der Waals surface area contributed by atoms with Crippen LogP contribution in [-0.4, -0.2) is 43.3 Å². The molecule has 10 heteroatoms. The number of aromatic nitrogens is 3. The second kappa shape index (κ2) is 5.88. The molecule has 21 heavy (non-hydrogen) atoms. The van der Waals surface area contributed by atoms with Gasteiger partial charge in [0, 0.05) is 25.6 Å². The van der Waals surface area contributed by atoms with Gasteiger partial charge in [-0.15, -0.1) is 10.2 Å². The fraction of sp³-hybridized carbons (Fsp3) is 0.727. The molecule has 1 unspecified atom stereocenters. The van der Waals surface area contributed by atoms with Crippen LogP contribution in [-0.2, 0) is 19.3 Å². The van der Waals surface area contributed by atoms with E-state index in [0.29, 0.717) is 13.0 Å². The molecule has 0 aromatic carbocycles. The van der Waals surface area contributed by atoms with E-state index >= 15 is 0 Å². The molecule has 0 saturated heterocycles. The van der Waals surface area contributed by atoms with Gasteiger partial charge in [0.05, 0.1) is 6.54 Å². The van der Waals surface area contributed by atoms with E-state index in [0.717, 1.165) is 11.0 Å². The molecular formula is C11H17F3N6O. The molecule has 3 N–H and O–H groups in total. The smallest absolute Gasteiger partial charge is 0.409 e. The second-order valence-corrected chi connectivity index (χ2v) is 4.92. The number of alkyl halides is 3. The van der Waals surface area contributed by atoms with Crippen molar-refractivity contribution in [1.29, 1.82) is 0 Å². The molecule has 118 valence electrons. The summed E-state index contributed by atoms with van der Waals surface area (Å²) in [5.41, 5.74) is 5.50. The summed E-state index contributed by atoms with van der Waals surface area (Å²) in [6, 6.07) is -0.0133. The highest BCUT2D eigenvalue weighted by Gasteiger charge is 2.39. The Bertz CT molecular complexity index is 527. The minimum absolute atomic E-state index is 0.0133. The lowest BCUT2D eigenvalue weighted by molar-refractivity contribution is -0.148. The van der Waals surface area contributed by atoms with E-state index in [1.54, 1.807) is 0 Å². The predicted octanol–water partition coefficient (Wildman–Crippen LogP) is 1.03. The Morgan fingerprint density at radius 2 is 2.14 bits per heavy atom. The average molecular weight is 306 g/mol. The Balaban J connectivity index is 2.14. The molecule has 2 rings (SSSR count). The summed E-state index contributed by atoms with van der Waals surface area (Å²) in [4.78, 5) is 1.97. The van der Waals surface area contributed by atoms with Crippen molar-refractivity contribution in [3.05, 3.63) is 11.6 Å². The third kappa shape index (κ3) is 3.26. The van der Waals surface area contributed by atoms with E-state index < -0.39 is 12.0 Å². The van der Waals surface area contributed by atoms with Crippen LogP contribution in [0.15, 0.2) is 5.16 Å². The third-order valence-corrected chi connectivity index (χ3v) is 3.60. The lowest BCUT2D eigenvalue weighted by atomic mass is 10.1. The summed E-state index contributed by atoms with van der Waals surface area (Å²) in [7, 11) is 0. The van der Waals surface area contributed by atoms with Crippen LogP contribution in [0.3, 0.4) is 0 Å². The van der Waals surface area contributed by atoms with Crippen molar-refractivity contribution in [2.75, 3.05) is 6.54 Å². The molecule has 0 aliphatic carbocycles. The van der Waals surface area contributed by atoms with Gasteiger partial charge in [0.1, 0.15) is 11.7 Å². The summed E-state index contributed by atoms with van der Waals surface area (Å²) in [6.45, 7) is 2.81. The van der Waals surface area contributed by atoms with Gasteiger partial charge in [0.15, 0.2) is 0 Å². The largest absolute Gasteiger partial charge is 0.451 e. The van der Waals surface area contributed by atoms with Gasteiger partial charge in [0.25, 0.3) is 0 Å². The summed E-state index contributed by atoms with van der Waals surface area (Å²) in [5, 5.41) is 18.4. The van der Waals surface area contributed by atoms with Crippen molar-refractivity contribution in [3.63, 3.8) is 0 Å². The number of rotatable bonds is 4. The molecule has 0 fully saturated rings. The van der Waals surface area contributed by atoms with Gasteiger partial charge in [-0.3, -0.25) is 4.90 Å². The quantitative estimate of drug-likeness (QED) is 0.375. The maximum Gasteiger partial charge on any atom is 0.451 e. The van der Waals surface area contributed by atoms with Crippen LogP contribution in [0.2, 0.25) is 0 Å². The Morgan fingerprint density at radius 1 is 1.43 bits per heavy atom. The van der Waals surface area contributed by atoms with Gasteiger partial charge in [-0.1, -0.05) is 12.1 Å². The number of amidine groups is 1. The molecule has 0 amide bonds. The Kier molecular flexibility index (Phi) is 4.35. The fourth-order valence-corrected chi connectivity index (χ4v) is 2.51. The molecule has 1 atom stereocenters. The van der Waals surface area contributed by atoms with Crippen LogP contribution in [0.5, 0.6) is 0 Å². The molecule has 1 aliphatic heterocycles. The van der Waals surface area contributed by atoms with Crippen LogP contribution in [0.1, 0.15) is 31.4 Å². The number of oxime groups is 1. The van der Waals surface area contributed by atoms with Gasteiger partial charge in [-0.05, 0) is 6.42 Å². The van der Waals surface area contributed by atoms with E-state index in [-0.39, 0.29) is 30.8 Å². The molecule has 2 heterocycles. The first-order valence-electron chi connectivity index (χ1n) is 6.56. The molecule has 0 spiro atoms. The lowest BCUT2D eigenvalue weighted by Gasteiger charge is -2.34. The summed E-state index contributed by atoms with van der Waals surface area (Å²) >= 11 is 0. The van der Waals surface area contributed by atoms with E-state index in [2.05, 4.69) is 15.4 Å². The van der Waals surface area contributed by atoms with Crippen LogP contribution in [0.25, 0.3) is 0 Å². The number of fused-ring (bicyclic) bond motifs is 1. The zero-order chi connectivity index (χ0) is 15.6. The van der Waals surface area contributed by atoms with Gasteiger partial charge in [-0.2, -0.15) is 13.2 Å². The van der Waals surface area contributed by atoms with Crippen LogP contribution >= 0.6 is 0 Å². The van der Waals surface area contributed by atoms with Crippen molar-refractivity contribution in [2.24, 2.45) is 10.9 Å². The molecule has 1 aromatic heterocycles. The fourth-order valence-electron chi connectivity index (χ4n) is 2.51. The van der Waals surface area contributed by atoms with Crippen LogP contribution in [0, 0.1) is 0 Å². The number of hydrogen-bond acceptors (Lipinski definition) is 5. The monoisotopic (exact) mass is 306 g/mol. The molecule has 1 aromatic rings. The Morgan fingerprint density at radius 3 is 2.71 bits per heavy atom. The van der Waals surface area contributed by atoms with E-state index in [4.69, 9.17) is 10.9 Å². The van der Waals surface area contributed by atoms with Crippen molar-refractivity contribution in [2.45, 2.75) is 45.1 Å². The highest BCUT2D eigenvalue weighted by atomic mass is 19.4. The standard InChI is InChI=1S/C11H17F3N6O/c1-2-7(5-8(15)18-21)19-3-4-20-9(6-19)16-17-10(20)11(12,13)14/h7,21H,2-6H2,1H3,(H2,15,18). The SMILES string of the molecule is CCC(CC(N)=NO)N1CCn2c(nnc2C(F)(F)F)C1. The summed E-state index contributed by atoms with van der Waals surface area (Å²) < 4.78 is 39.4. The highest BCUT2D eigenvalue weighted by Crippen LogP contribution is 2.30. The Hall–Kier alpha value is -1.84. The molecular weight excluding hydrogens is 289 g/mol. The number of nitrogens with zero attached hydrogens (tertiary/aromatic N) is 5. The topological polar surface area (TPSA) is 92.6 Å². The van der Waals surface area contributed by atoms with Gasteiger partial charge >= 0.3 is 6.18 Å². The first-order chi connectivity index (χ1) is 9.86. The molecule has 0 bridgehead atoms. The average Bonchev–Trinajstić information content (AvgIpc) is 2.87. The number of hydrogen-bond donors (Lipinski definition) is 2. The highest BCUT2D eigenvalue weighted by molar-refractivity contribution is 5.80. The van der Waals surface area contributed by atoms with Crippen molar-refractivity contribution in [3.8, 4) is 0 Å². The second-order valence-electron chi connectivity index (χ2n) is 4.92. The zero-order valence-corrected chi connectivity index (χ0v) is 11.5. The van der Waals surface area contributed by atoms with Crippen LogP contribution < -0.4 is 5.73 Å². The van der Waals surface area contributed by atoms with Crippen molar-refractivity contribution in [1.82, 2.24) is 19.7 Å². The zero-order valence-electron chi connectivity index (χ0n) is 11.5. The van der Waals surface area contributed by atoms with E-state index in [1.807, 2.05) is 11.8 Å². The maximum atomic E-state index is 12.8. The lowest BCUT2D eigenvalue weighted by Crippen LogP contribution is -2.43. The van der Waals surface area contributed by atoms with Crippen LogP contribution in [0.4, 0.5) is 13.2 Å². The molecule has 0 saturated carbocycles. The first kappa shape index (κ1) is 15.5. The van der Waals surface area contributed by atoms with Gasteiger partial charge < -0.3 is 15.5 Å². The maximum absolute atomic E-state index is 12.8. The van der Waals surface area contributed by atoms with Crippen molar-refractivity contribution >= 4 is 5.84 Å². The Labute approximate surface area is 119 Å². The number of nitrogens with two attached hydrogens (primary N) is 1. The minimum Gasteiger partial charge on any atom is -0.409 e. The molecule has 0 radical (unpaired) electrons. The minimum atomic E-state index is -4.49. The van der Waals surface area contributed by atoms with E-state index in [1.165, 1.54) is 0 Å². The summed E-state index contributed by atoms with van der Waals surface area (Å²) in [6.07, 6.45) is -3.41. The summed E-state index contributed by atoms with van der Waals surface area (Å²) in [5.74, 6) is -0.571. The first-order valence-corrected chi connectivity index (χ1v) is 6.56. The number of halogens is 3. The molecule has 1 aliphatic rings. The van der Waals surface area contributed by atoms with Crippen molar-refractivity contribution < 1.29 is 18.4 Å². The normalized spacial score (nSPS) is 18.6. The van der Waals surface area contributed by atoms with Gasteiger partial charge in [0.2, 0.25) is 5.82 Å². The molecule has 7 nitrogen and oxygen atoms in total. The van der Waals surface area contributed by atoms with E-state index in [9.17, 15) is 13.2 Å².